The molecule has 0 saturated carbocycles. The van der Waals surface area contributed by atoms with Crippen LogP contribution in [0.5, 0.6) is 0 Å². The molecule has 0 atom stereocenters. The lowest BCUT2D eigenvalue weighted by Gasteiger charge is -2.18. The molecule has 0 bridgehead atoms. The van der Waals surface area contributed by atoms with Crippen molar-refractivity contribution in [3.05, 3.63) is 52.9 Å². The second-order valence-electron chi connectivity index (χ2n) is 5.39. The van der Waals surface area contributed by atoms with Gasteiger partial charge < -0.3 is 10.2 Å². The average molecular weight is 305 g/mol. The first-order valence-electron chi connectivity index (χ1n) is 7.04. The van der Waals surface area contributed by atoms with Crippen LogP contribution in [0, 0.1) is 0 Å². The van der Waals surface area contributed by atoms with Crippen molar-refractivity contribution in [2.24, 2.45) is 0 Å². The van der Waals surface area contributed by atoms with E-state index in [1.807, 2.05) is 37.6 Å². The number of halogens is 1. The van der Waals surface area contributed by atoms with Crippen LogP contribution in [0.25, 0.3) is 0 Å². The Bertz CT molecular complexity index is 569. The van der Waals surface area contributed by atoms with Crippen LogP contribution < -0.4 is 10.2 Å². The van der Waals surface area contributed by atoms with Crippen molar-refractivity contribution in [3.63, 3.8) is 0 Å². The fourth-order valence-electron chi connectivity index (χ4n) is 1.94. The topological polar surface area (TPSA) is 41.1 Å². The van der Waals surface area contributed by atoms with E-state index >= 15 is 0 Å². The fourth-order valence-corrected chi connectivity index (χ4v) is 2.15. The summed E-state index contributed by atoms with van der Waals surface area (Å²) in [5.41, 5.74) is 2.10. The lowest BCUT2D eigenvalue weighted by Crippen LogP contribution is -2.23. The summed E-state index contributed by atoms with van der Waals surface area (Å²) in [6.45, 7) is 5.71. The summed E-state index contributed by atoms with van der Waals surface area (Å²) in [5.74, 6) is 0.850. The minimum atomic E-state index is 0.442. The van der Waals surface area contributed by atoms with Gasteiger partial charge in [0, 0.05) is 31.2 Å². The van der Waals surface area contributed by atoms with E-state index in [9.17, 15) is 0 Å². The van der Waals surface area contributed by atoms with E-state index in [-0.39, 0.29) is 0 Å². The number of anilines is 1. The molecule has 0 aliphatic rings. The zero-order chi connectivity index (χ0) is 15.2. The molecule has 1 aromatic carbocycles. The monoisotopic (exact) mass is 304 g/mol. The van der Waals surface area contributed by atoms with Crippen LogP contribution in [0.2, 0.25) is 5.02 Å². The number of rotatable bonds is 6. The molecule has 0 aliphatic carbocycles. The minimum Gasteiger partial charge on any atom is -0.354 e. The highest BCUT2D eigenvalue weighted by atomic mass is 35.5. The summed E-state index contributed by atoms with van der Waals surface area (Å²) in [6, 6.07) is 8.29. The van der Waals surface area contributed by atoms with Crippen LogP contribution >= 0.6 is 11.6 Å². The largest absolute Gasteiger partial charge is 0.354 e. The molecule has 2 aromatic rings. The van der Waals surface area contributed by atoms with E-state index in [2.05, 4.69) is 40.1 Å². The predicted octanol–water partition coefficient (Wildman–Crippen LogP) is 3.26. The highest BCUT2D eigenvalue weighted by molar-refractivity contribution is 6.30. The lowest BCUT2D eigenvalue weighted by atomic mass is 10.2. The molecule has 0 fully saturated rings. The number of hydrogen-bond donors (Lipinski definition) is 1. The van der Waals surface area contributed by atoms with Crippen molar-refractivity contribution in [2.75, 3.05) is 11.9 Å². The zero-order valence-electron chi connectivity index (χ0n) is 12.7. The summed E-state index contributed by atoms with van der Waals surface area (Å²) in [7, 11) is 2.00. The first-order chi connectivity index (χ1) is 10.0. The highest BCUT2D eigenvalue weighted by Crippen LogP contribution is 2.15. The molecule has 0 saturated heterocycles. The van der Waals surface area contributed by atoms with Crippen molar-refractivity contribution < 1.29 is 0 Å². The Morgan fingerprint density at radius 2 is 2.05 bits per heavy atom. The number of benzene rings is 1. The van der Waals surface area contributed by atoms with Gasteiger partial charge in [0.05, 0.1) is 18.1 Å². The molecule has 0 aliphatic heterocycles. The molecule has 0 radical (unpaired) electrons. The Labute approximate surface area is 131 Å². The highest BCUT2D eigenvalue weighted by Gasteiger charge is 2.05. The Kier molecular flexibility index (Phi) is 5.53. The lowest BCUT2D eigenvalue weighted by molar-refractivity contribution is 0.580. The maximum atomic E-state index is 6.00. The third-order valence-electron chi connectivity index (χ3n) is 3.08. The van der Waals surface area contributed by atoms with Gasteiger partial charge in [-0.25, -0.2) is 4.98 Å². The van der Waals surface area contributed by atoms with Crippen molar-refractivity contribution in [2.45, 2.75) is 33.0 Å². The molecule has 1 aromatic heterocycles. The maximum Gasteiger partial charge on any atom is 0.147 e. The SMILES string of the molecule is CC(C)NCc1cnc(N(C)Cc2cccc(Cl)c2)cn1. The third kappa shape index (κ3) is 4.99. The van der Waals surface area contributed by atoms with Crippen molar-refractivity contribution in [1.29, 1.82) is 0 Å². The van der Waals surface area contributed by atoms with Crippen LogP contribution in [-0.2, 0) is 13.1 Å². The van der Waals surface area contributed by atoms with Crippen LogP contribution in [0.15, 0.2) is 36.7 Å². The smallest absolute Gasteiger partial charge is 0.147 e. The van der Waals surface area contributed by atoms with E-state index in [1.54, 1.807) is 0 Å². The van der Waals surface area contributed by atoms with Gasteiger partial charge in [0.15, 0.2) is 0 Å². The van der Waals surface area contributed by atoms with Crippen LogP contribution in [-0.4, -0.2) is 23.1 Å². The van der Waals surface area contributed by atoms with Gasteiger partial charge in [-0.05, 0) is 17.7 Å². The molecular weight excluding hydrogens is 284 g/mol. The van der Waals surface area contributed by atoms with Gasteiger partial charge in [-0.3, -0.25) is 4.98 Å². The average Bonchev–Trinajstić information content (AvgIpc) is 2.45. The summed E-state index contributed by atoms with van der Waals surface area (Å²) in [6.07, 6.45) is 3.63. The van der Waals surface area contributed by atoms with Gasteiger partial charge in [-0.2, -0.15) is 0 Å². The quantitative estimate of drug-likeness (QED) is 0.889. The van der Waals surface area contributed by atoms with E-state index in [0.717, 1.165) is 35.2 Å². The Balaban J connectivity index is 1.97. The standard InChI is InChI=1S/C16H21ClN4/c1-12(2)18-8-15-9-20-16(10-19-15)21(3)11-13-5-4-6-14(17)7-13/h4-7,9-10,12,18H,8,11H2,1-3H3. The molecule has 0 spiro atoms. The molecule has 5 heteroatoms. The Morgan fingerprint density at radius 3 is 2.67 bits per heavy atom. The van der Waals surface area contributed by atoms with E-state index < -0.39 is 0 Å². The van der Waals surface area contributed by atoms with E-state index in [4.69, 9.17) is 11.6 Å². The van der Waals surface area contributed by atoms with Gasteiger partial charge in [0.25, 0.3) is 0 Å². The molecular formula is C16H21ClN4. The van der Waals surface area contributed by atoms with Crippen LogP contribution in [0.4, 0.5) is 5.82 Å². The molecule has 1 heterocycles. The first kappa shape index (κ1) is 15.7. The second kappa shape index (κ2) is 7.38. The third-order valence-corrected chi connectivity index (χ3v) is 3.32. The number of aromatic nitrogens is 2. The maximum absolute atomic E-state index is 6.00. The number of hydrogen-bond acceptors (Lipinski definition) is 4. The number of nitrogens with one attached hydrogen (secondary N) is 1. The van der Waals surface area contributed by atoms with Gasteiger partial charge in [-0.15, -0.1) is 0 Å². The molecule has 21 heavy (non-hydrogen) atoms. The first-order valence-corrected chi connectivity index (χ1v) is 7.42. The summed E-state index contributed by atoms with van der Waals surface area (Å²) in [5, 5.41) is 4.08. The van der Waals surface area contributed by atoms with Crippen LogP contribution in [0.1, 0.15) is 25.1 Å². The van der Waals surface area contributed by atoms with Crippen LogP contribution in [0.3, 0.4) is 0 Å². The fraction of sp³-hybridized carbons (Fsp3) is 0.375. The van der Waals surface area contributed by atoms with E-state index in [0.29, 0.717) is 6.04 Å². The van der Waals surface area contributed by atoms with Crippen molar-refractivity contribution in [3.8, 4) is 0 Å². The Morgan fingerprint density at radius 1 is 1.24 bits per heavy atom. The molecule has 0 amide bonds. The molecule has 4 nitrogen and oxygen atoms in total. The minimum absolute atomic E-state index is 0.442. The zero-order valence-corrected chi connectivity index (χ0v) is 13.4. The van der Waals surface area contributed by atoms with Crippen molar-refractivity contribution in [1.82, 2.24) is 15.3 Å². The van der Waals surface area contributed by atoms with Gasteiger partial charge in [-0.1, -0.05) is 37.6 Å². The summed E-state index contributed by atoms with van der Waals surface area (Å²) >= 11 is 6.00. The Hall–Kier alpha value is -1.65. The second-order valence-corrected chi connectivity index (χ2v) is 5.82. The summed E-state index contributed by atoms with van der Waals surface area (Å²) < 4.78 is 0. The molecule has 0 unspecified atom stereocenters. The normalized spacial score (nSPS) is 10.9. The predicted molar refractivity (Wildman–Crippen MR) is 87.6 cm³/mol. The number of nitrogens with zero attached hydrogens (tertiary/aromatic N) is 3. The molecule has 112 valence electrons. The van der Waals surface area contributed by atoms with Gasteiger partial charge in [0.1, 0.15) is 5.82 Å². The molecule has 2 rings (SSSR count). The van der Waals surface area contributed by atoms with Crippen molar-refractivity contribution >= 4 is 17.4 Å². The molecule has 1 N–H and O–H groups in total. The van der Waals surface area contributed by atoms with Gasteiger partial charge in [0.2, 0.25) is 0 Å². The summed E-state index contributed by atoms with van der Waals surface area (Å²) in [4.78, 5) is 11.0. The van der Waals surface area contributed by atoms with E-state index in [1.165, 1.54) is 0 Å². The van der Waals surface area contributed by atoms with Gasteiger partial charge >= 0.3 is 0 Å².